The van der Waals surface area contributed by atoms with Crippen LogP contribution in [0.25, 0.3) is 21.8 Å². The number of methoxy groups -OCH3 is 3. The molecule has 1 atom stereocenters. The molecule has 83 heavy (non-hydrogen) atoms. The number of anilines is 4. The van der Waals surface area contributed by atoms with Crippen molar-refractivity contribution in [1.29, 1.82) is 0 Å². The normalized spacial score (nSPS) is 15.4. The zero-order valence-electron chi connectivity index (χ0n) is 46.5. The number of aromatic nitrogens is 2. The highest BCUT2D eigenvalue weighted by atomic mass is 32.2. The van der Waals surface area contributed by atoms with Crippen LogP contribution < -0.4 is 30.7 Å². The van der Waals surface area contributed by atoms with Gasteiger partial charge in [0.25, 0.3) is 0 Å². The summed E-state index contributed by atoms with van der Waals surface area (Å²) in [6.45, 7) is 1.45. The van der Waals surface area contributed by atoms with Crippen molar-refractivity contribution in [2.75, 3.05) is 115 Å². The number of likely N-dealkylation sites (tertiary alicyclic amines) is 2. The standard InChI is InChI=1S/C30H36F4N4O5S.C27H30F4N4O3S/c1-42-18-22(39)17-37-12-9-20(10-13-37)36-26-7-4-8-27-24(26)14-21(38(27)19-30(32,33)34)6-5-11-35-29-25(31)15-23(44(3,40)41)16-28(29)43-2;1-34-12-9-18(10-13-34)33-23-7-4-8-24-21(23)14-19(35(24)17-27(29,30)31)6-5-11-32-26-22(28)15-20(39(3,36)37)16-25(26)38-2/h4,7-8,14-16,20,22,35-36,39H,9-13,17-19H2,1-3H3;4,7-8,14-16,18,32-33H,9-13,17H2,1-3H3. The van der Waals surface area contributed by atoms with Crippen molar-refractivity contribution in [2.45, 2.75) is 79.1 Å². The Hall–Kier alpha value is -6.94. The van der Waals surface area contributed by atoms with E-state index < -0.39 is 62.9 Å². The Labute approximate surface area is 477 Å². The summed E-state index contributed by atoms with van der Waals surface area (Å²) in [5, 5.41) is 23.7. The van der Waals surface area contributed by atoms with Crippen LogP contribution in [0.15, 0.2) is 82.6 Å². The largest absolute Gasteiger partial charge is 0.494 e. The molecular formula is C57H66F8N8O8S2. The predicted molar refractivity (Wildman–Crippen MR) is 304 cm³/mol. The highest BCUT2D eigenvalue weighted by Crippen LogP contribution is 2.35. The molecule has 2 fully saturated rings. The molecule has 2 aliphatic heterocycles. The van der Waals surface area contributed by atoms with Crippen molar-refractivity contribution < 1.29 is 71.3 Å². The maximum Gasteiger partial charge on any atom is 0.406 e. The minimum absolute atomic E-state index is 0.0342. The molecule has 4 aromatic carbocycles. The van der Waals surface area contributed by atoms with E-state index in [1.165, 1.54) is 26.4 Å². The van der Waals surface area contributed by atoms with E-state index in [4.69, 9.17) is 14.2 Å². The van der Waals surface area contributed by atoms with Crippen LogP contribution in [0.5, 0.6) is 11.5 Å². The lowest BCUT2D eigenvalue weighted by Gasteiger charge is -2.34. The molecule has 0 radical (unpaired) electrons. The predicted octanol–water partition coefficient (Wildman–Crippen LogP) is 8.83. The van der Waals surface area contributed by atoms with Gasteiger partial charge < -0.3 is 59.5 Å². The van der Waals surface area contributed by atoms with E-state index in [1.54, 1.807) is 43.5 Å². The molecule has 2 aromatic heterocycles. The zero-order chi connectivity index (χ0) is 60.4. The molecule has 2 aliphatic rings. The number of nitrogens with zero attached hydrogens (tertiary/aromatic N) is 4. The number of β-amino-alcohol motifs (C(OH)–C–C–N with tert-alkyl or cyclic N) is 1. The number of aliphatic hydroxyl groups is 1. The van der Waals surface area contributed by atoms with Gasteiger partial charge in [0.2, 0.25) is 0 Å². The monoisotopic (exact) mass is 1210 g/mol. The van der Waals surface area contributed by atoms with E-state index in [9.17, 15) is 57.1 Å². The van der Waals surface area contributed by atoms with Crippen LogP contribution in [-0.2, 0) is 37.5 Å². The fraction of sp³-hybridized carbons (Fsp3) is 0.439. The van der Waals surface area contributed by atoms with Gasteiger partial charge in [0.15, 0.2) is 31.3 Å². The van der Waals surface area contributed by atoms with Crippen LogP contribution in [0, 0.1) is 35.3 Å². The van der Waals surface area contributed by atoms with E-state index in [-0.39, 0.29) is 75.8 Å². The summed E-state index contributed by atoms with van der Waals surface area (Å²) in [5.74, 6) is 9.25. The second kappa shape index (κ2) is 27.2. The summed E-state index contributed by atoms with van der Waals surface area (Å²) in [6, 6.07) is 18.0. The van der Waals surface area contributed by atoms with E-state index in [2.05, 4.69) is 61.8 Å². The maximum absolute atomic E-state index is 14.7. The molecule has 0 bridgehead atoms. The first-order chi connectivity index (χ1) is 39.1. The summed E-state index contributed by atoms with van der Waals surface area (Å²) >= 11 is 0. The highest BCUT2D eigenvalue weighted by Gasteiger charge is 2.32. The van der Waals surface area contributed by atoms with Crippen molar-refractivity contribution in [1.82, 2.24) is 18.9 Å². The minimum Gasteiger partial charge on any atom is -0.494 e. The van der Waals surface area contributed by atoms with Gasteiger partial charge in [-0.1, -0.05) is 24.0 Å². The summed E-state index contributed by atoms with van der Waals surface area (Å²) in [4.78, 5) is 3.90. The first kappa shape index (κ1) is 63.6. The number of aliphatic hydroxyl groups excluding tert-OH is 1. The number of benzene rings is 4. The molecule has 26 heteroatoms. The van der Waals surface area contributed by atoms with Crippen molar-refractivity contribution in [2.24, 2.45) is 0 Å². The van der Waals surface area contributed by atoms with Crippen molar-refractivity contribution in [3.63, 3.8) is 0 Å². The second-order valence-corrected chi connectivity index (χ2v) is 24.3. The number of rotatable bonds is 18. The van der Waals surface area contributed by atoms with Gasteiger partial charge in [-0.05, 0) is 106 Å². The smallest absolute Gasteiger partial charge is 0.406 e. The summed E-state index contributed by atoms with van der Waals surface area (Å²) in [6.07, 6.45) is -4.18. The summed E-state index contributed by atoms with van der Waals surface area (Å²) in [5.41, 5.74) is 2.31. The molecule has 0 saturated carbocycles. The molecule has 4 heterocycles. The van der Waals surface area contributed by atoms with Crippen LogP contribution in [0.3, 0.4) is 0 Å². The number of halogens is 8. The molecule has 8 rings (SSSR count). The highest BCUT2D eigenvalue weighted by molar-refractivity contribution is 7.91. The quantitative estimate of drug-likeness (QED) is 0.0407. The third kappa shape index (κ3) is 17.3. The number of fused-ring (bicyclic) bond motifs is 2. The molecule has 1 unspecified atom stereocenters. The Balaban J connectivity index is 0.000000240. The Morgan fingerprint density at radius 3 is 1.42 bits per heavy atom. The van der Waals surface area contributed by atoms with Crippen LogP contribution in [0.2, 0.25) is 0 Å². The Morgan fingerprint density at radius 2 is 1.05 bits per heavy atom. The summed E-state index contributed by atoms with van der Waals surface area (Å²) in [7, 11) is -1.22. The Morgan fingerprint density at radius 1 is 0.639 bits per heavy atom. The van der Waals surface area contributed by atoms with Gasteiger partial charge in [0.05, 0.1) is 72.2 Å². The first-order valence-electron chi connectivity index (χ1n) is 26.2. The molecule has 6 aromatic rings. The SMILES string of the molecule is COCC(O)CN1CCC(Nc2cccc3c2cc(C#CCNc2c(F)cc(S(C)(=O)=O)cc2OC)n3CC(F)(F)F)CC1.COc1cc(S(C)(=O)=O)cc(F)c1NCC#Cc1cc2c(NC3CCN(C)CC3)cccc2n1CC(F)(F)F. The maximum atomic E-state index is 14.7. The topological polar surface area (TPSA) is 181 Å². The molecule has 5 N–H and O–H groups in total. The van der Waals surface area contributed by atoms with Gasteiger partial charge in [-0.3, -0.25) is 0 Å². The molecule has 16 nitrogen and oxygen atoms in total. The van der Waals surface area contributed by atoms with Gasteiger partial charge in [-0.15, -0.1) is 0 Å². The molecular weight excluding hydrogens is 1140 g/mol. The van der Waals surface area contributed by atoms with Gasteiger partial charge in [0, 0.05) is 85.6 Å². The second-order valence-electron chi connectivity index (χ2n) is 20.3. The molecule has 0 amide bonds. The molecule has 450 valence electrons. The van der Waals surface area contributed by atoms with Crippen LogP contribution >= 0.6 is 0 Å². The fourth-order valence-corrected chi connectivity index (χ4v) is 11.1. The third-order valence-corrected chi connectivity index (χ3v) is 16.1. The van der Waals surface area contributed by atoms with Crippen molar-refractivity contribution in [3.05, 3.63) is 95.8 Å². The molecule has 2 saturated heterocycles. The average Bonchev–Trinajstić information content (AvgIpc) is 3.55. The number of sulfone groups is 2. The third-order valence-electron chi connectivity index (χ3n) is 13.9. The van der Waals surface area contributed by atoms with Crippen molar-refractivity contribution >= 4 is 64.2 Å². The van der Waals surface area contributed by atoms with Crippen LogP contribution in [0.4, 0.5) is 57.9 Å². The van der Waals surface area contributed by atoms with Gasteiger partial charge in [-0.25, -0.2) is 25.6 Å². The molecule has 0 aliphatic carbocycles. The van der Waals surface area contributed by atoms with Gasteiger partial charge in [0.1, 0.15) is 36.0 Å². The lowest BCUT2D eigenvalue weighted by Crippen LogP contribution is -2.43. The number of alkyl halides is 6. The van der Waals surface area contributed by atoms with Gasteiger partial charge >= 0.3 is 12.4 Å². The Kier molecular flexibility index (Phi) is 20.8. The van der Waals surface area contributed by atoms with E-state index in [0.29, 0.717) is 34.0 Å². The van der Waals surface area contributed by atoms with E-state index in [0.717, 1.165) is 91.3 Å². The average molecular weight is 1210 g/mol. The van der Waals surface area contributed by atoms with Crippen molar-refractivity contribution in [3.8, 4) is 35.2 Å². The van der Waals surface area contributed by atoms with Crippen LogP contribution in [0.1, 0.15) is 37.1 Å². The number of ether oxygens (including phenoxy) is 3. The lowest BCUT2D eigenvalue weighted by atomic mass is 10.0. The zero-order valence-corrected chi connectivity index (χ0v) is 48.1. The number of piperidine rings is 2. The number of nitrogens with one attached hydrogen (secondary N) is 4. The molecule has 0 spiro atoms. The van der Waals surface area contributed by atoms with E-state index >= 15 is 0 Å². The lowest BCUT2D eigenvalue weighted by molar-refractivity contribution is -0.140. The van der Waals surface area contributed by atoms with Crippen LogP contribution in [-0.4, -0.2) is 165 Å². The first-order valence-corrected chi connectivity index (χ1v) is 30.0. The minimum atomic E-state index is -4.50. The van der Waals surface area contributed by atoms with E-state index in [1.807, 2.05) is 12.1 Å². The number of hydrogen-bond donors (Lipinski definition) is 5. The fourth-order valence-electron chi connectivity index (χ4n) is 9.87. The number of hydrogen-bond acceptors (Lipinski definition) is 14. The van der Waals surface area contributed by atoms with Gasteiger partial charge in [-0.2, -0.15) is 26.3 Å². The summed E-state index contributed by atoms with van der Waals surface area (Å²) < 4.78 is 175. The Bertz CT molecular complexity index is 3610.